The van der Waals surface area contributed by atoms with Crippen LogP contribution in [0, 0.1) is 53.3 Å². The van der Waals surface area contributed by atoms with Gasteiger partial charge in [0.1, 0.15) is 0 Å². The summed E-state index contributed by atoms with van der Waals surface area (Å²) in [6.07, 6.45) is -0.123. The third-order valence-electron chi connectivity index (χ3n) is 11.6. The van der Waals surface area contributed by atoms with E-state index in [1.807, 2.05) is 6.92 Å². The number of amides is 1. The molecular formula is C28H44N2O8. The van der Waals surface area contributed by atoms with Gasteiger partial charge < -0.3 is 36.2 Å². The predicted molar refractivity (Wildman–Crippen MR) is 135 cm³/mol. The molecule has 0 aromatic carbocycles. The van der Waals surface area contributed by atoms with Crippen LogP contribution in [0.1, 0.15) is 51.9 Å². The average molecular weight is 537 g/mol. The van der Waals surface area contributed by atoms with Crippen LogP contribution in [-0.2, 0) is 14.4 Å². The highest BCUT2D eigenvalue weighted by atomic mass is 16.4. The highest BCUT2D eigenvalue weighted by Gasteiger charge is 2.71. The molecule has 214 valence electrons. The van der Waals surface area contributed by atoms with Crippen LogP contribution in [0.4, 0.5) is 0 Å². The molecule has 5 rings (SSSR count). The fourth-order valence-corrected chi connectivity index (χ4v) is 9.76. The second-order valence-corrected chi connectivity index (χ2v) is 13.2. The Morgan fingerprint density at radius 3 is 2.11 bits per heavy atom. The lowest BCUT2D eigenvalue weighted by Crippen LogP contribution is -2.76. The van der Waals surface area contributed by atoms with E-state index in [1.54, 1.807) is 0 Å². The number of rotatable bonds is 3. The number of aliphatic hydroxyl groups excluding tert-OH is 4. The van der Waals surface area contributed by atoms with Gasteiger partial charge in [-0.05, 0) is 82.2 Å². The van der Waals surface area contributed by atoms with Gasteiger partial charge in [0, 0.05) is 30.2 Å². The Hall–Kier alpha value is -1.43. The lowest BCUT2D eigenvalue weighted by Gasteiger charge is -2.63. The molecule has 0 saturated heterocycles. The standard InChI is InChI=1S/C28H44N2O8/c1-11-18-14(12-4-6-13(7-5-12)30(2)3)8-9-16(31)20(18)24(34)22-19(11)23(33)15-10-17(32)21(27(29)37)25(35)28(15,38)26(22)36/h11-16,18-24,26,31,33-34,36,38H,4-10H2,1-3H3,(H2,29,37)/t11-,12?,13?,14?,15+,16?,18?,19+,20?,21?,22?,23+,24?,26?,28+/m0/s1. The van der Waals surface area contributed by atoms with E-state index in [0.717, 1.165) is 32.1 Å². The minimum atomic E-state index is -2.59. The third kappa shape index (κ3) is 3.93. The van der Waals surface area contributed by atoms with Crippen LogP contribution >= 0.6 is 0 Å². The molecular weight excluding hydrogens is 492 g/mol. The first kappa shape index (κ1) is 28.1. The molecule has 1 amide bonds. The van der Waals surface area contributed by atoms with E-state index in [4.69, 9.17) is 5.73 Å². The fraction of sp³-hybridized carbons (Fsp3) is 0.893. The molecule has 0 aromatic rings. The summed E-state index contributed by atoms with van der Waals surface area (Å²) in [5.74, 6) is -8.46. The molecule has 7 N–H and O–H groups in total. The minimum Gasteiger partial charge on any atom is -0.393 e. The first-order valence-corrected chi connectivity index (χ1v) is 14.3. The number of hydrogen-bond acceptors (Lipinski definition) is 9. The molecule has 10 heteroatoms. The molecule has 13 atom stereocenters. The molecule has 38 heavy (non-hydrogen) atoms. The molecule has 5 aliphatic carbocycles. The van der Waals surface area contributed by atoms with Crippen LogP contribution in [0.25, 0.3) is 0 Å². The largest absolute Gasteiger partial charge is 0.393 e. The Balaban J connectivity index is 1.49. The maximum Gasteiger partial charge on any atom is 0.235 e. The summed E-state index contributed by atoms with van der Waals surface area (Å²) in [4.78, 5) is 40.1. The van der Waals surface area contributed by atoms with Crippen molar-refractivity contribution in [2.45, 2.75) is 87.9 Å². The van der Waals surface area contributed by atoms with Gasteiger partial charge in [0.25, 0.3) is 0 Å². The molecule has 0 heterocycles. The van der Waals surface area contributed by atoms with Gasteiger partial charge in [-0.3, -0.25) is 14.4 Å². The van der Waals surface area contributed by atoms with Crippen molar-refractivity contribution in [2.75, 3.05) is 14.1 Å². The zero-order valence-corrected chi connectivity index (χ0v) is 22.5. The molecule has 0 radical (unpaired) electrons. The first-order valence-electron chi connectivity index (χ1n) is 14.3. The predicted octanol–water partition coefficient (Wildman–Crippen LogP) is -0.921. The van der Waals surface area contributed by atoms with Gasteiger partial charge in [-0.25, -0.2) is 0 Å². The van der Waals surface area contributed by atoms with Crippen molar-refractivity contribution in [3.05, 3.63) is 0 Å². The van der Waals surface area contributed by atoms with Crippen molar-refractivity contribution in [3.63, 3.8) is 0 Å². The molecule has 5 saturated carbocycles. The van der Waals surface area contributed by atoms with Crippen LogP contribution in [0.3, 0.4) is 0 Å². The van der Waals surface area contributed by atoms with E-state index in [9.17, 15) is 39.9 Å². The van der Waals surface area contributed by atoms with Gasteiger partial charge in [-0.2, -0.15) is 0 Å². The van der Waals surface area contributed by atoms with Crippen LogP contribution in [0.5, 0.6) is 0 Å². The number of primary amides is 1. The van der Waals surface area contributed by atoms with Gasteiger partial charge in [-0.15, -0.1) is 0 Å². The molecule has 0 aliphatic heterocycles. The van der Waals surface area contributed by atoms with Gasteiger partial charge >= 0.3 is 0 Å². The van der Waals surface area contributed by atoms with E-state index in [2.05, 4.69) is 19.0 Å². The van der Waals surface area contributed by atoms with Gasteiger partial charge in [-0.1, -0.05) is 6.92 Å². The SMILES string of the molecule is C[C@H]1C2C(C3CCC(N(C)C)CC3)CCC(O)C2C(O)C2C(O)[C@]3(O)C(=O)C(C(N)=O)C(=O)C[C@@H]3[C@@H](O)[C@@H]21. The van der Waals surface area contributed by atoms with Crippen LogP contribution < -0.4 is 5.73 Å². The summed E-state index contributed by atoms with van der Waals surface area (Å²) in [5.41, 5.74) is 2.69. The van der Waals surface area contributed by atoms with E-state index < -0.39 is 83.5 Å². The lowest BCUT2D eigenvalue weighted by molar-refractivity contribution is -0.274. The van der Waals surface area contributed by atoms with E-state index in [-0.39, 0.29) is 17.8 Å². The maximum atomic E-state index is 13.3. The van der Waals surface area contributed by atoms with Crippen LogP contribution in [-0.4, -0.2) is 98.1 Å². The number of carbonyl (C=O) groups is 3. The molecule has 5 fully saturated rings. The Labute approximate surface area is 223 Å². The number of aliphatic hydroxyl groups is 5. The first-order chi connectivity index (χ1) is 17.8. The Morgan fingerprint density at radius 1 is 0.895 bits per heavy atom. The number of fused-ring (bicyclic) bond motifs is 3. The second-order valence-electron chi connectivity index (χ2n) is 13.2. The second kappa shape index (κ2) is 9.89. The quantitative estimate of drug-likeness (QED) is 0.249. The van der Waals surface area contributed by atoms with Crippen molar-refractivity contribution in [3.8, 4) is 0 Å². The summed E-state index contributed by atoms with van der Waals surface area (Å²) in [7, 11) is 4.20. The average Bonchev–Trinajstić information content (AvgIpc) is 2.86. The van der Waals surface area contributed by atoms with E-state index >= 15 is 0 Å². The van der Waals surface area contributed by atoms with Crippen molar-refractivity contribution in [2.24, 2.45) is 59.0 Å². The van der Waals surface area contributed by atoms with E-state index in [1.165, 1.54) is 0 Å². The number of carbonyl (C=O) groups excluding carboxylic acids is 3. The highest BCUT2D eigenvalue weighted by Crippen LogP contribution is 2.60. The van der Waals surface area contributed by atoms with Crippen molar-refractivity contribution >= 4 is 17.5 Å². The van der Waals surface area contributed by atoms with Crippen LogP contribution in [0.2, 0.25) is 0 Å². The Kier molecular flexibility index (Phi) is 7.31. The molecule has 10 nitrogen and oxygen atoms in total. The van der Waals surface area contributed by atoms with Gasteiger partial charge in [0.2, 0.25) is 5.91 Å². The molecule has 8 unspecified atom stereocenters. The number of nitrogens with two attached hydrogens (primary N) is 1. The topological polar surface area (TPSA) is 182 Å². The summed E-state index contributed by atoms with van der Waals surface area (Å²) in [6.45, 7) is 1.97. The van der Waals surface area contributed by atoms with Gasteiger partial charge in [0.15, 0.2) is 23.1 Å². The highest BCUT2D eigenvalue weighted by molar-refractivity contribution is 6.22. The van der Waals surface area contributed by atoms with E-state index in [0.29, 0.717) is 18.4 Å². The number of nitrogens with zero attached hydrogens (tertiary/aromatic N) is 1. The molecule has 0 aromatic heterocycles. The fourth-order valence-electron chi connectivity index (χ4n) is 9.76. The van der Waals surface area contributed by atoms with Crippen LogP contribution in [0.15, 0.2) is 0 Å². The maximum absolute atomic E-state index is 13.3. The number of ketones is 2. The molecule has 0 spiro atoms. The summed E-state index contributed by atoms with van der Waals surface area (Å²) >= 11 is 0. The zero-order valence-electron chi connectivity index (χ0n) is 22.5. The molecule has 0 bridgehead atoms. The Bertz CT molecular complexity index is 967. The van der Waals surface area contributed by atoms with Crippen molar-refractivity contribution < 1.29 is 39.9 Å². The third-order valence-corrected chi connectivity index (χ3v) is 11.6. The number of hydrogen-bond donors (Lipinski definition) is 6. The zero-order chi connectivity index (χ0) is 27.8. The number of Topliss-reactive ketones (excluding diaryl/α,β-unsaturated/α-hetero) is 2. The summed E-state index contributed by atoms with van der Waals surface area (Å²) in [6, 6.07) is 0.536. The normalized spacial score (nSPS) is 53.2. The molecule has 5 aliphatic rings. The van der Waals surface area contributed by atoms with Gasteiger partial charge in [0.05, 0.1) is 24.4 Å². The lowest BCUT2D eigenvalue weighted by atomic mass is 9.44. The minimum absolute atomic E-state index is 0.114. The van der Waals surface area contributed by atoms with Crippen molar-refractivity contribution in [1.82, 2.24) is 4.90 Å². The smallest absolute Gasteiger partial charge is 0.235 e. The summed E-state index contributed by atoms with van der Waals surface area (Å²) in [5, 5.41) is 57.5. The summed E-state index contributed by atoms with van der Waals surface area (Å²) < 4.78 is 0. The monoisotopic (exact) mass is 536 g/mol. The van der Waals surface area contributed by atoms with Crippen molar-refractivity contribution in [1.29, 1.82) is 0 Å². The Morgan fingerprint density at radius 2 is 1.53 bits per heavy atom.